The van der Waals surface area contributed by atoms with Crippen molar-refractivity contribution in [1.29, 1.82) is 0 Å². The van der Waals surface area contributed by atoms with Crippen molar-refractivity contribution < 1.29 is 0 Å². The molecule has 2 atom stereocenters. The lowest BCUT2D eigenvalue weighted by Crippen LogP contribution is -2.60. The molecule has 2 N–H and O–H groups in total. The van der Waals surface area contributed by atoms with Crippen LogP contribution in [0.3, 0.4) is 0 Å². The van der Waals surface area contributed by atoms with Gasteiger partial charge in [0.25, 0.3) is 0 Å². The number of nitrogens with one attached hydrogen (secondary N) is 2. The molecule has 0 aromatic heterocycles. The van der Waals surface area contributed by atoms with Crippen LogP contribution in [0.25, 0.3) is 0 Å². The van der Waals surface area contributed by atoms with Crippen molar-refractivity contribution in [1.82, 2.24) is 15.8 Å². The molecule has 2 fully saturated rings. The predicted octanol–water partition coefficient (Wildman–Crippen LogP) is 1.36. The molecule has 0 aliphatic carbocycles. The van der Waals surface area contributed by atoms with Gasteiger partial charge in [0.1, 0.15) is 0 Å². The van der Waals surface area contributed by atoms with E-state index in [1.54, 1.807) is 0 Å². The molecule has 2 aliphatic heterocycles. The maximum Gasteiger partial charge on any atom is 0.0288 e. The summed E-state index contributed by atoms with van der Waals surface area (Å²) < 4.78 is 0. The van der Waals surface area contributed by atoms with Crippen LogP contribution in [0.1, 0.15) is 39.0 Å². The lowest BCUT2D eigenvalue weighted by atomic mass is 9.89. The molecule has 88 valence electrons. The summed E-state index contributed by atoms with van der Waals surface area (Å²) in [5.41, 5.74) is 3.57. The van der Waals surface area contributed by atoms with Crippen LogP contribution >= 0.6 is 0 Å². The molecule has 15 heavy (non-hydrogen) atoms. The van der Waals surface area contributed by atoms with Crippen LogP contribution in [0.5, 0.6) is 0 Å². The van der Waals surface area contributed by atoms with E-state index in [2.05, 4.69) is 22.7 Å². The van der Waals surface area contributed by atoms with E-state index in [1.165, 1.54) is 58.3 Å². The summed E-state index contributed by atoms with van der Waals surface area (Å²) in [7, 11) is 0. The summed E-state index contributed by atoms with van der Waals surface area (Å²) in [6.07, 6.45) is 6.78. The molecule has 0 aromatic carbocycles. The first-order chi connectivity index (χ1) is 7.40. The number of hydrogen-bond donors (Lipinski definition) is 2. The Morgan fingerprint density at radius 3 is 3.13 bits per heavy atom. The number of nitrogens with zero attached hydrogens (tertiary/aromatic N) is 1. The van der Waals surface area contributed by atoms with Crippen LogP contribution in [-0.2, 0) is 0 Å². The molecule has 2 saturated heterocycles. The van der Waals surface area contributed by atoms with Crippen molar-refractivity contribution >= 4 is 0 Å². The molecule has 2 rings (SSSR count). The Kier molecular flexibility index (Phi) is 4.42. The van der Waals surface area contributed by atoms with E-state index in [0.717, 1.165) is 12.0 Å². The number of hydrazine groups is 1. The highest BCUT2D eigenvalue weighted by molar-refractivity contribution is 4.87. The first kappa shape index (κ1) is 11.4. The minimum absolute atomic E-state index is 0.752. The Labute approximate surface area is 93.6 Å². The van der Waals surface area contributed by atoms with Gasteiger partial charge in [-0.25, -0.2) is 5.01 Å². The quantitative estimate of drug-likeness (QED) is 0.688. The fourth-order valence-corrected chi connectivity index (χ4v) is 2.75. The maximum absolute atomic E-state index is 3.66. The van der Waals surface area contributed by atoms with Crippen molar-refractivity contribution in [3.63, 3.8) is 0 Å². The second-order valence-electron chi connectivity index (χ2n) is 4.98. The van der Waals surface area contributed by atoms with Gasteiger partial charge in [0.2, 0.25) is 0 Å². The fourth-order valence-electron chi connectivity index (χ4n) is 2.75. The Bertz CT molecular complexity index is 182. The van der Waals surface area contributed by atoms with E-state index in [9.17, 15) is 0 Å². The van der Waals surface area contributed by atoms with Gasteiger partial charge in [-0.2, -0.15) is 0 Å². The SMILES string of the molecule is CCCCCN1CC2NCCCC2CN1. The third-order valence-electron chi connectivity index (χ3n) is 3.75. The Morgan fingerprint density at radius 1 is 1.33 bits per heavy atom. The second kappa shape index (κ2) is 5.83. The molecule has 0 radical (unpaired) electrons. The lowest BCUT2D eigenvalue weighted by Gasteiger charge is -2.42. The maximum atomic E-state index is 3.66. The summed E-state index contributed by atoms with van der Waals surface area (Å²) in [4.78, 5) is 0. The molecule has 0 aromatic rings. The van der Waals surface area contributed by atoms with Gasteiger partial charge in [0.05, 0.1) is 0 Å². The van der Waals surface area contributed by atoms with Crippen LogP contribution in [-0.4, -0.2) is 37.2 Å². The molecule has 0 bridgehead atoms. The first-order valence-corrected chi connectivity index (χ1v) is 6.62. The summed E-state index contributed by atoms with van der Waals surface area (Å²) in [5, 5.41) is 6.09. The predicted molar refractivity (Wildman–Crippen MR) is 63.6 cm³/mol. The lowest BCUT2D eigenvalue weighted by molar-refractivity contribution is 0.0699. The second-order valence-corrected chi connectivity index (χ2v) is 4.98. The average Bonchev–Trinajstić information content (AvgIpc) is 2.29. The smallest absolute Gasteiger partial charge is 0.0288 e. The van der Waals surface area contributed by atoms with Gasteiger partial charge in [-0.15, -0.1) is 0 Å². The first-order valence-electron chi connectivity index (χ1n) is 6.62. The zero-order valence-corrected chi connectivity index (χ0v) is 9.97. The van der Waals surface area contributed by atoms with Gasteiger partial charge in [0, 0.05) is 25.7 Å². The van der Waals surface area contributed by atoms with Gasteiger partial charge < -0.3 is 5.32 Å². The van der Waals surface area contributed by atoms with E-state index in [-0.39, 0.29) is 0 Å². The fraction of sp³-hybridized carbons (Fsp3) is 1.00. The van der Waals surface area contributed by atoms with Crippen LogP contribution in [0.4, 0.5) is 0 Å². The van der Waals surface area contributed by atoms with Crippen molar-refractivity contribution in [2.45, 2.75) is 45.1 Å². The van der Waals surface area contributed by atoms with Crippen LogP contribution < -0.4 is 10.7 Å². The normalized spacial score (nSPS) is 32.6. The van der Waals surface area contributed by atoms with E-state index in [4.69, 9.17) is 0 Å². The Morgan fingerprint density at radius 2 is 2.27 bits per heavy atom. The largest absolute Gasteiger partial charge is 0.312 e. The van der Waals surface area contributed by atoms with Crippen LogP contribution in [0.15, 0.2) is 0 Å². The minimum Gasteiger partial charge on any atom is -0.312 e. The topological polar surface area (TPSA) is 27.3 Å². The van der Waals surface area contributed by atoms with Crippen molar-refractivity contribution in [3.8, 4) is 0 Å². The number of rotatable bonds is 4. The van der Waals surface area contributed by atoms with Gasteiger partial charge in [-0.1, -0.05) is 19.8 Å². The average molecular weight is 211 g/mol. The molecule has 3 heteroatoms. The molecule has 0 spiro atoms. The van der Waals surface area contributed by atoms with E-state index >= 15 is 0 Å². The Balaban J connectivity index is 1.71. The molecule has 2 heterocycles. The summed E-state index contributed by atoms with van der Waals surface area (Å²) in [5.74, 6) is 0.876. The molecule has 3 nitrogen and oxygen atoms in total. The Hall–Kier alpha value is -0.120. The molecule has 0 amide bonds. The monoisotopic (exact) mass is 211 g/mol. The highest BCUT2D eigenvalue weighted by Gasteiger charge is 2.30. The molecule has 2 unspecified atom stereocenters. The van der Waals surface area contributed by atoms with E-state index in [1.807, 2.05) is 0 Å². The summed E-state index contributed by atoms with van der Waals surface area (Å²) in [6.45, 7) is 7.10. The van der Waals surface area contributed by atoms with Crippen molar-refractivity contribution in [2.24, 2.45) is 5.92 Å². The zero-order valence-electron chi connectivity index (χ0n) is 9.97. The van der Waals surface area contributed by atoms with Gasteiger partial charge in [-0.05, 0) is 31.7 Å². The highest BCUT2D eigenvalue weighted by Crippen LogP contribution is 2.19. The minimum atomic E-state index is 0.752. The highest BCUT2D eigenvalue weighted by atomic mass is 15.5. The van der Waals surface area contributed by atoms with Gasteiger partial charge in [0.15, 0.2) is 0 Å². The third kappa shape index (κ3) is 3.16. The van der Waals surface area contributed by atoms with Gasteiger partial charge in [-0.3, -0.25) is 5.43 Å². The number of piperidine rings is 1. The number of unbranched alkanes of at least 4 members (excludes halogenated alkanes) is 2. The summed E-state index contributed by atoms with van der Waals surface area (Å²) >= 11 is 0. The third-order valence-corrected chi connectivity index (χ3v) is 3.75. The van der Waals surface area contributed by atoms with Crippen LogP contribution in [0.2, 0.25) is 0 Å². The zero-order chi connectivity index (χ0) is 10.5. The van der Waals surface area contributed by atoms with E-state index < -0.39 is 0 Å². The number of hydrogen-bond acceptors (Lipinski definition) is 3. The number of fused-ring (bicyclic) bond motifs is 1. The molecule has 2 aliphatic rings. The van der Waals surface area contributed by atoms with E-state index in [0.29, 0.717) is 0 Å². The molecule has 0 saturated carbocycles. The molecular formula is C12H25N3. The van der Waals surface area contributed by atoms with Gasteiger partial charge >= 0.3 is 0 Å². The summed E-state index contributed by atoms with van der Waals surface area (Å²) in [6, 6.07) is 0.752. The van der Waals surface area contributed by atoms with Crippen molar-refractivity contribution in [2.75, 3.05) is 26.2 Å². The standard InChI is InChI=1S/C12H25N3/c1-2-3-4-8-15-10-12-11(9-14-15)6-5-7-13-12/h11-14H,2-10H2,1H3. The van der Waals surface area contributed by atoms with Crippen molar-refractivity contribution in [3.05, 3.63) is 0 Å². The molecular weight excluding hydrogens is 186 g/mol. The van der Waals surface area contributed by atoms with Crippen LogP contribution in [0, 0.1) is 5.92 Å².